The highest BCUT2D eigenvalue weighted by Gasteiger charge is 2.17. The zero-order valence-corrected chi connectivity index (χ0v) is 13.8. The molecule has 0 atom stereocenters. The minimum absolute atomic E-state index is 0.828. The summed E-state index contributed by atoms with van der Waals surface area (Å²) in [5.41, 5.74) is 2.35. The summed E-state index contributed by atoms with van der Waals surface area (Å²) in [6, 6.07) is 0. The molecule has 1 N–H and O–H groups in total. The SMILES string of the molecule is CCn1nc(C)c(Br)c1CNCC1CCN(C)CC1. The molecule has 1 fully saturated rings. The number of nitrogens with zero attached hydrogens (tertiary/aromatic N) is 3. The van der Waals surface area contributed by atoms with Crippen molar-refractivity contribution in [2.45, 2.75) is 39.8 Å². The summed E-state index contributed by atoms with van der Waals surface area (Å²) in [5, 5.41) is 8.13. The molecule has 2 heterocycles. The largest absolute Gasteiger partial charge is 0.311 e. The smallest absolute Gasteiger partial charge is 0.0739 e. The summed E-state index contributed by atoms with van der Waals surface area (Å²) < 4.78 is 3.24. The lowest BCUT2D eigenvalue weighted by atomic mass is 9.97. The van der Waals surface area contributed by atoms with E-state index in [1.165, 1.54) is 31.6 Å². The average Bonchev–Trinajstić information content (AvgIpc) is 2.68. The maximum atomic E-state index is 4.53. The van der Waals surface area contributed by atoms with E-state index < -0.39 is 0 Å². The van der Waals surface area contributed by atoms with Gasteiger partial charge in [-0.15, -0.1) is 0 Å². The van der Waals surface area contributed by atoms with Crippen LogP contribution in [0.4, 0.5) is 0 Å². The van der Waals surface area contributed by atoms with Crippen molar-refractivity contribution in [2.75, 3.05) is 26.7 Å². The molecule has 1 aromatic rings. The standard InChI is InChI=1S/C14H25BrN4/c1-4-19-13(14(15)11(2)17-19)10-16-9-12-5-7-18(3)8-6-12/h12,16H,4-10H2,1-3H3. The third-order valence-electron chi connectivity index (χ3n) is 4.02. The Balaban J connectivity index is 1.82. The fourth-order valence-corrected chi connectivity index (χ4v) is 3.12. The zero-order valence-electron chi connectivity index (χ0n) is 12.2. The van der Waals surface area contributed by atoms with E-state index in [1.807, 2.05) is 0 Å². The second kappa shape index (κ2) is 6.86. The molecule has 1 aliphatic heterocycles. The van der Waals surface area contributed by atoms with Gasteiger partial charge in [0.2, 0.25) is 0 Å². The summed E-state index contributed by atoms with van der Waals surface area (Å²) in [5.74, 6) is 0.828. The highest BCUT2D eigenvalue weighted by atomic mass is 79.9. The highest BCUT2D eigenvalue weighted by Crippen LogP contribution is 2.21. The molecule has 0 bridgehead atoms. The van der Waals surface area contributed by atoms with Gasteiger partial charge in [-0.2, -0.15) is 5.10 Å². The second-order valence-electron chi connectivity index (χ2n) is 5.54. The number of nitrogens with one attached hydrogen (secondary N) is 1. The molecule has 0 radical (unpaired) electrons. The number of piperidine rings is 1. The average molecular weight is 329 g/mol. The lowest BCUT2D eigenvalue weighted by Crippen LogP contribution is -2.35. The summed E-state index contributed by atoms with van der Waals surface area (Å²) >= 11 is 3.65. The van der Waals surface area contributed by atoms with Crippen molar-refractivity contribution >= 4 is 15.9 Å². The molecule has 4 nitrogen and oxygen atoms in total. The van der Waals surface area contributed by atoms with Gasteiger partial charge < -0.3 is 10.2 Å². The van der Waals surface area contributed by atoms with Crippen LogP contribution in [0.2, 0.25) is 0 Å². The van der Waals surface area contributed by atoms with E-state index in [9.17, 15) is 0 Å². The first-order valence-corrected chi connectivity index (χ1v) is 8.02. The van der Waals surface area contributed by atoms with Gasteiger partial charge in [-0.1, -0.05) is 0 Å². The second-order valence-corrected chi connectivity index (χ2v) is 6.33. The predicted octanol–water partition coefficient (Wildman–Crippen LogP) is 2.41. The van der Waals surface area contributed by atoms with Crippen molar-refractivity contribution in [1.29, 1.82) is 0 Å². The Kier molecular flexibility index (Phi) is 5.42. The van der Waals surface area contributed by atoms with Crippen LogP contribution < -0.4 is 5.32 Å². The van der Waals surface area contributed by atoms with E-state index in [0.717, 1.165) is 35.7 Å². The maximum Gasteiger partial charge on any atom is 0.0739 e. The number of hydrogen-bond acceptors (Lipinski definition) is 3. The summed E-state index contributed by atoms with van der Waals surface area (Å²) in [4.78, 5) is 2.42. The van der Waals surface area contributed by atoms with Crippen LogP contribution in [-0.4, -0.2) is 41.4 Å². The molecular formula is C14H25BrN4. The van der Waals surface area contributed by atoms with Gasteiger partial charge in [0, 0.05) is 13.1 Å². The van der Waals surface area contributed by atoms with Crippen LogP contribution in [0.15, 0.2) is 4.47 Å². The van der Waals surface area contributed by atoms with E-state index in [4.69, 9.17) is 0 Å². The molecule has 0 unspecified atom stereocenters. The van der Waals surface area contributed by atoms with Gasteiger partial charge in [0.05, 0.1) is 15.9 Å². The number of likely N-dealkylation sites (tertiary alicyclic amines) is 1. The molecule has 0 spiro atoms. The fourth-order valence-electron chi connectivity index (χ4n) is 2.70. The van der Waals surface area contributed by atoms with Crippen molar-refractivity contribution in [3.63, 3.8) is 0 Å². The maximum absolute atomic E-state index is 4.53. The van der Waals surface area contributed by atoms with Gasteiger partial charge in [0.1, 0.15) is 0 Å². The van der Waals surface area contributed by atoms with E-state index in [1.54, 1.807) is 0 Å². The van der Waals surface area contributed by atoms with Crippen LogP contribution in [0.3, 0.4) is 0 Å². The third kappa shape index (κ3) is 3.80. The molecule has 2 rings (SSSR count). The lowest BCUT2D eigenvalue weighted by molar-refractivity contribution is 0.215. The summed E-state index contributed by atoms with van der Waals surface area (Å²) in [6.07, 6.45) is 2.63. The van der Waals surface area contributed by atoms with Crippen molar-refractivity contribution in [2.24, 2.45) is 5.92 Å². The molecule has 0 aliphatic carbocycles. The zero-order chi connectivity index (χ0) is 13.8. The lowest BCUT2D eigenvalue weighted by Gasteiger charge is -2.29. The van der Waals surface area contributed by atoms with Gasteiger partial charge in [0.15, 0.2) is 0 Å². The Morgan fingerprint density at radius 1 is 1.37 bits per heavy atom. The molecule has 108 valence electrons. The highest BCUT2D eigenvalue weighted by molar-refractivity contribution is 9.10. The van der Waals surface area contributed by atoms with Crippen molar-refractivity contribution in [1.82, 2.24) is 20.0 Å². The molecular weight excluding hydrogens is 304 g/mol. The van der Waals surface area contributed by atoms with Crippen LogP contribution in [0.1, 0.15) is 31.2 Å². The van der Waals surface area contributed by atoms with Gasteiger partial charge >= 0.3 is 0 Å². The minimum Gasteiger partial charge on any atom is -0.311 e. The summed E-state index contributed by atoms with van der Waals surface area (Å²) in [6.45, 7) is 9.62. The number of aryl methyl sites for hydroxylation is 2. The third-order valence-corrected chi connectivity index (χ3v) is 5.05. The number of halogens is 1. The normalized spacial score (nSPS) is 18.1. The van der Waals surface area contributed by atoms with Crippen molar-refractivity contribution < 1.29 is 0 Å². The predicted molar refractivity (Wildman–Crippen MR) is 82.3 cm³/mol. The first kappa shape index (κ1) is 15.0. The minimum atomic E-state index is 0.828. The van der Waals surface area contributed by atoms with Crippen LogP contribution in [-0.2, 0) is 13.1 Å². The topological polar surface area (TPSA) is 33.1 Å². The number of aromatic nitrogens is 2. The Hall–Kier alpha value is -0.390. The fraction of sp³-hybridized carbons (Fsp3) is 0.786. The van der Waals surface area contributed by atoms with Crippen LogP contribution in [0.25, 0.3) is 0 Å². The molecule has 1 aliphatic rings. The van der Waals surface area contributed by atoms with Crippen molar-refractivity contribution in [3.05, 3.63) is 15.9 Å². The van der Waals surface area contributed by atoms with E-state index in [2.05, 4.69) is 56.8 Å². The van der Waals surface area contributed by atoms with Crippen LogP contribution >= 0.6 is 15.9 Å². The molecule has 0 saturated carbocycles. The Bertz CT molecular complexity index is 408. The monoisotopic (exact) mass is 328 g/mol. The van der Waals surface area contributed by atoms with Gasteiger partial charge in [-0.05, 0) is 75.2 Å². The van der Waals surface area contributed by atoms with E-state index in [-0.39, 0.29) is 0 Å². The van der Waals surface area contributed by atoms with E-state index in [0.29, 0.717) is 0 Å². The van der Waals surface area contributed by atoms with Gasteiger partial charge in [-0.25, -0.2) is 0 Å². The number of hydrogen-bond donors (Lipinski definition) is 1. The number of rotatable bonds is 5. The molecule has 0 aromatic carbocycles. The van der Waals surface area contributed by atoms with Crippen molar-refractivity contribution in [3.8, 4) is 0 Å². The van der Waals surface area contributed by atoms with Crippen LogP contribution in [0, 0.1) is 12.8 Å². The van der Waals surface area contributed by atoms with Crippen LogP contribution in [0.5, 0.6) is 0 Å². The molecule has 5 heteroatoms. The first-order valence-electron chi connectivity index (χ1n) is 7.22. The Labute approximate surface area is 124 Å². The molecule has 1 saturated heterocycles. The van der Waals surface area contributed by atoms with Gasteiger partial charge in [-0.3, -0.25) is 4.68 Å². The molecule has 19 heavy (non-hydrogen) atoms. The summed E-state index contributed by atoms with van der Waals surface area (Å²) in [7, 11) is 2.21. The van der Waals surface area contributed by atoms with Gasteiger partial charge in [0.25, 0.3) is 0 Å². The Morgan fingerprint density at radius 3 is 2.68 bits per heavy atom. The molecule has 0 amide bonds. The molecule has 1 aromatic heterocycles. The first-order chi connectivity index (χ1) is 9.11. The van der Waals surface area contributed by atoms with E-state index >= 15 is 0 Å². The Morgan fingerprint density at radius 2 is 2.05 bits per heavy atom. The quantitative estimate of drug-likeness (QED) is 0.901.